The Morgan fingerprint density at radius 3 is 2.62 bits per heavy atom. The van der Waals surface area contributed by atoms with Gasteiger partial charge in [-0.2, -0.15) is 4.73 Å². The van der Waals surface area contributed by atoms with Crippen molar-refractivity contribution in [3.8, 4) is 11.1 Å². The van der Waals surface area contributed by atoms with E-state index >= 15 is 0 Å². The van der Waals surface area contributed by atoms with E-state index in [0.29, 0.717) is 23.9 Å². The van der Waals surface area contributed by atoms with E-state index in [0.717, 1.165) is 40.8 Å². The first-order chi connectivity index (χ1) is 12.6. The van der Waals surface area contributed by atoms with Gasteiger partial charge in [0, 0.05) is 10.6 Å². The average Bonchev–Trinajstić information content (AvgIpc) is 2.96. The summed E-state index contributed by atoms with van der Waals surface area (Å²) < 4.78 is 1.51. The van der Waals surface area contributed by atoms with Gasteiger partial charge >= 0.3 is 6.47 Å². The molecular weight excluding hydrogens is 350 g/mol. The lowest BCUT2D eigenvalue weighted by molar-refractivity contribution is -0.129. The van der Waals surface area contributed by atoms with Gasteiger partial charge in [0.15, 0.2) is 5.82 Å². The number of benzene rings is 2. The molecule has 3 aromatic rings. The van der Waals surface area contributed by atoms with Gasteiger partial charge in [-0.25, -0.2) is 4.98 Å². The summed E-state index contributed by atoms with van der Waals surface area (Å²) in [7, 11) is 0. The fourth-order valence-corrected chi connectivity index (χ4v) is 3.38. The number of nitrogens with zero attached hydrogens (tertiary/aromatic N) is 3. The number of halogens is 1. The maximum Gasteiger partial charge on any atom is 0.321 e. The monoisotopic (exact) mass is 371 g/mol. The average molecular weight is 372 g/mol. The summed E-state index contributed by atoms with van der Waals surface area (Å²) in [4.78, 5) is 23.1. The fourth-order valence-electron chi connectivity index (χ4n) is 3.03. The molecule has 0 saturated heterocycles. The van der Waals surface area contributed by atoms with Gasteiger partial charge in [-0.15, -0.1) is 0 Å². The summed E-state index contributed by atoms with van der Waals surface area (Å²) in [6.45, 7) is 9.01. The normalized spacial score (nSPS) is 11.3. The molecule has 0 fully saturated rings. The lowest BCUT2D eigenvalue weighted by Crippen LogP contribution is -2.25. The van der Waals surface area contributed by atoms with Crippen molar-refractivity contribution in [2.75, 3.05) is 13.1 Å². The summed E-state index contributed by atoms with van der Waals surface area (Å²) in [6, 6.07) is 11.8. The number of fused-ring (bicyclic) bond motifs is 1. The van der Waals surface area contributed by atoms with Crippen molar-refractivity contribution in [1.82, 2.24) is 14.6 Å². The van der Waals surface area contributed by atoms with Gasteiger partial charge in [-0.1, -0.05) is 43.6 Å². The number of carbonyl (C=O) groups excluding carboxylic acids is 1. The Labute approximate surface area is 158 Å². The van der Waals surface area contributed by atoms with Gasteiger partial charge in [-0.05, 0) is 49.3 Å². The molecule has 2 aromatic carbocycles. The van der Waals surface area contributed by atoms with Crippen molar-refractivity contribution < 1.29 is 9.63 Å². The highest BCUT2D eigenvalue weighted by Crippen LogP contribution is 2.31. The number of carbonyl (C=O) groups is 1. The smallest absolute Gasteiger partial charge is 0.321 e. The summed E-state index contributed by atoms with van der Waals surface area (Å²) in [5.74, 6) is 0.697. The second kappa shape index (κ2) is 7.89. The molecule has 6 heteroatoms. The molecule has 0 aliphatic rings. The molecule has 3 rings (SSSR count). The van der Waals surface area contributed by atoms with E-state index in [-0.39, 0.29) is 0 Å². The van der Waals surface area contributed by atoms with Crippen molar-refractivity contribution in [2.24, 2.45) is 0 Å². The van der Waals surface area contributed by atoms with Crippen LogP contribution in [0.3, 0.4) is 0 Å². The minimum Gasteiger partial charge on any atom is -0.338 e. The highest BCUT2D eigenvalue weighted by molar-refractivity contribution is 6.33. The third kappa shape index (κ3) is 3.59. The highest BCUT2D eigenvalue weighted by atomic mass is 35.5. The lowest BCUT2D eigenvalue weighted by Gasteiger charge is -2.17. The van der Waals surface area contributed by atoms with Gasteiger partial charge in [-0.3, -0.25) is 9.69 Å². The number of hydrogen-bond acceptors (Lipinski definition) is 4. The zero-order valence-electron chi connectivity index (χ0n) is 15.2. The van der Waals surface area contributed by atoms with Crippen molar-refractivity contribution in [3.05, 3.63) is 52.8 Å². The number of aryl methyl sites for hydroxylation is 1. The van der Waals surface area contributed by atoms with Crippen LogP contribution in [0, 0.1) is 6.92 Å². The molecule has 5 nitrogen and oxygen atoms in total. The largest absolute Gasteiger partial charge is 0.338 e. The van der Waals surface area contributed by atoms with Crippen molar-refractivity contribution in [3.63, 3.8) is 0 Å². The van der Waals surface area contributed by atoms with Crippen LogP contribution >= 0.6 is 11.6 Å². The molecule has 0 aliphatic carbocycles. The van der Waals surface area contributed by atoms with Gasteiger partial charge in [0.05, 0.1) is 12.1 Å². The first kappa shape index (κ1) is 18.4. The predicted octanol–water partition coefficient (Wildman–Crippen LogP) is 4.09. The molecule has 136 valence electrons. The molecule has 1 heterocycles. The molecule has 0 N–H and O–H groups in total. The molecular formula is C20H22ClN3O2. The Balaban J connectivity index is 2.10. The van der Waals surface area contributed by atoms with Crippen molar-refractivity contribution in [1.29, 1.82) is 0 Å². The summed E-state index contributed by atoms with van der Waals surface area (Å²) >= 11 is 6.41. The Morgan fingerprint density at radius 1 is 1.19 bits per heavy atom. The van der Waals surface area contributed by atoms with Crippen LogP contribution in [-0.2, 0) is 11.3 Å². The van der Waals surface area contributed by atoms with E-state index in [1.54, 1.807) is 0 Å². The Hall–Kier alpha value is -2.37. The van der Waals surface area contributed by atoms with Gasteiger partial charge in [0.1, 0.15) is 5.52 Å². The molecule has 0 saturated carbocycles. The van der Waals surface area contributed by atoms with E-state index in [4.69, 9.17) is 16.4 Å². The van der Waals surface area contributed by atoms with Crippen molar-refractivity contribution >= 4 is 29.1 Å². The van der Waals surface area contributed by atoms with E-state index in [2.05, 4.69) is 23.7 Å². The molecule has 0 spiro atoms. The SMILES string of the molecule is CCN(CC)Cc1nc2ccc(-c3ccc(C)cc3Cl)cc2n1OC=O. The second-order valence-electron chi connectivity index (χ2n) is 6.17. The maximum atomic E-state index is 11.0. The van der Waals surface area contributed by atoms with Crippen LogP contribution in [0.5, 0.6) is 0 Å². The molecule has 0 radical (unpaired) electrons. The molecule has 1 aromatic heterocycles. The molecule has 0 unspecified atom stereocenters. The van der Waals surface area contributed by atoms with E-state index in [1.807, 2.05) is 43.3 Å². The lowest BCUT2D eigenvalue weighted by atomic mass is 10.0. The van der Waals surface area contributed by atoms with Gasteiger partial charge < -0.3 is 4.84 Å². The Bertz CT molecular complexity index is 932. The van der Waals surface area contributed by atoms with Crippen LogP contribution in [0.2, 0.25) is 5.02 Å². The highest BCUT2D eigenvalue weighted by Gasteiger charge is 2.16. The van der Waals surface area contributed by atoms with E-state index in [1.165, 1.54) is 4.73 Å². The Kier molecular flexibility index (Phi) is 5.59. The summed E-state index contributed by atoms with van der Waals surface area (Å²) in [6.07, 6.45) is 0. The van der Waals surface area contributed by atoms with Crippen LogP contribution in [0.1, 0.15) is 25.2 Å². The number of hydrogen-bond donors (Lipinski definition) is 0. The van der Waals surface area contributed by atoms with Crippen LogP contribution in [-0.4, -0.2) is 34.2 Å². The molecule has 0 amide bonds. The molecule has 0 aliphatic heterocycles. The minimum absolute atomic E-state index is 0.429. The zero-order chi connectivity index (χ0) is 18.7. The van der Waals surface area contributed by atoms with Crippen molar-refractivity contribution in [2.45, 2.75) is 27.3 Å². The second-order valence-corrected chi connectivity index (χ2v) is 6.58. The third-order valence-corrected chi connectivity index (χ3v) is 4.83. The van der Waals surface area contributed by atoms with Crippen LogP contribution < -0.4 is 4.84 Å². The topological polar surface area (TPSA) is 47.4 Å². The third-order valence-electron chi connectivity index (χ3n) is 4.52. The first-order valence-corrected chi connectivity index (χ1v) is 9.06. The first-order valence-electron chi connectivity index (χ1n) is 8.68. The van der Waals surface area contributed by atoms with Crippen LogP contribution in [0.25, 0.3) is 22.2 Å². The quantitative estimate of drug-likeness (QED) is 0.587. The Morgan fingerprint density at radius 2 is 1.96 bits per heavy atom. The summed E-state index contributed by atoms with van der Waals surface area (Å²) in [5.41, 5.74) is 4.51. The van der Waals surface area contributed by atoms with E-state index in [9.17, 15) is 4.79 Å². The standard InChI is InChI=1S/C20H22ClN3O2/c1-4-23(5-2)12-20-22-18-9-7-15(11-19(18)24(20)26-13-25)16-8-6-14(3)10-17(16)21/h6-11,13H,4-5,12H2,1-3H3. The van der Waals surface area contributed by atoms with E-state index < -0.39 is 0 Å². The fraction of sp³-hybridized carbons (Fsp3) is 0.300. The van der Waals surface area contributed by atoms with Crippen LogP contribution in [0.4, 0.5) is 0 Å². The molecule has 0 bridgehead atoms. The predicted molar refractivity (Wildman–Crippen MR) is 104 cm³/mol. The van der Waals surface area contributed by atoms with Gasteiger partial charge in [0.25, 0.3) is 0 Å². The number of aromatic nitrogens is 2. The van der Waals surface area contributed by atoms with Gasteiger partial charge in [0.2, 0.25) is 0 Å². The molecule has 0 atom stereocenters. The molecule has 26 heavy (non-hydrogen) atoms. The number of imidazole rings is 1. The number of rotatable bonds is 7. The maximum absolute atomic E-state index is 11.0. The zero-order valence-corrected chi connectivity index (χ0v) is 16.0. The minimum atomic E-state index is 0.429. The summed E-state index contributed by atoms with van der Waals surface area (Å²) in [5, 5.41) is 0.690. The van der Waals surface area contributed by atoms with Crippen LogP contribution in [0.15, 0.2) is 36.4 Å².